The van der Waals surface area contributed by atoms with Gasteiger partial charge in [-0.15, -0.1) is 0 Å². The first-order valence-electron chi connectivity index (χ1n) is 6.38. The Morgan fingerprint density at radius 1 is 1.35 bits per heavy atom. The molecule has 1 aliphatic rings. The summed E-state index contributed by atoms with van der Waals surface area (Å²) in [5.74, 6) is 0. The van der Waals surface area contributed by atoms with Crippen LogP contribution in [0.4, 0.5) is 0 Å². The predicted octanol–water partition coefficient (Wildman–Crippen LogP) is 2.18. The average Bonchev–Trinajstić information content (AvgIpc) is 2.77. The van der Waals surface area contributed by atoms with Crippen LogP contribution in [-0.4, -0.2) is 20.2 Å². The van der Waals surface area contributed by atoms with Crippen LogP contribution in [0.3, 0.4) is 0 Å². The van der Waals surface area contributed by atoms with Gasteiger partial charge in [-0.2, -0.15) is 5.26 Å². The zero-order chi connectivity index (χ0) is 12.9. The minimum Gasteiger partial charge on any atom is -0.214 e. The van der Waals surface area contributed by atoms with E-state index >= 15 is 0 Å². The normalized spacial score (nSPS) is 21.0. The van der Waals surface area contributed by atoms with E-state index in [1.54, 1.807) is 6.92 Å². The summed E-state index contributed by atoms with van der Waals surface area (Å²) in [4.78, 5) is 0. The van der Waals surface area contributed by atoms with Crippen molar-refractivity contribution in [2.75, 3.05) is 6.54 Å². The van der Waals surface area contributed by atoms with E-state index in [0.29, 0.717) is 13.0 Å². The van der Waals surface area contributed by atoms with E-state index in [1.807, 2.05) is 6.07 Å². The molecule has 1 saturated carbocycles. The van der Waals surface area contributed by atoms with Gasteiger partial charge in [0.15, 0.2) is 5.25 Å². The molecular formula is C12H22N2O2S. The quantitative estimate of drug-likeness (QED) is 0.793. The molecule has 0 bridgehead atoms. The second kappa shape index (κ2) is 5.83. The third-order valence-electron chi connectivity index (χ3n) is 3.95. The maximum absolute atomic E-state index is 11.9. The standard InChI is InChI=1S/C12H22N2O2S/c1-3-11(9-13)17(15,16)14-10-12(4-2)7-5-6-8-12/h11,14H,3-8,10H2,1-2H3. The highest BCUT2D eigenvalue weighted by atomic mass is 32.2. The molecule has 0 saturated heterocycles. The number of hydrogen-bond acceptors (Lipinski definition) is 3. The van der Waals surface area contributed by atoms with Crippen LogP contribution < -0.4 is 4.72 Å². The maximum atomic E-state index is 11.9. The zero-order valence-electron chi connectivity index (χ0n) is 10.7. The number of hydrogen-bond donors (Lipinski definition) is 1. The molecule has 1 unspecified atom stereocenters. The molecule has 98 valence electrons. The number of nitriles is 1. The van der Waals surface area contributed by atoms with Crippen molar-refractivity contribution in [2.24, 2.45) is 5.41 Å². The molecule has 17 heavy (non-hydrogen) atoms. The summed E-state index contributed by atoms with van der Waals surface area (Å²) >= 11 is 0. The lowest BCUT2D eigenvalue weighted by Crippen LogP contribution is -2.40. The lowest BCUT2D eigenvalue weighted by molar-refractivity contribution is 0.285. The first-order valence-corrected chi connectivity index (χ1v) is 7.92. The van der Waals surface area contributed by atoms with Crippen molar-refractivity contribution in [3.8, 4) is 6.07 Å². The van der Waals surface area contributed by atoms with Crippen molar-refractivity contribution in [3.05, 3.63) is 0 Å². The summed E-state index contributed by atoms with van der Waals surface area (Å²) in [6, 6.07) is 1.85. The van der Waals surface area contributed by atoms with Crippen molar-refractivity contribution in [1.29, 1.82) is 5.26 Å². The maximum Gasteiger partial charge on any atom is 0.227 e. The fraction of sp³-hybridized carbons (Fsp3) is 0.917. The van der Waals surface area contributed by atoms with E-state index in [0.717, 1.165) is 19.3 Å². The fourth-order valence-electron chi connectivity index (χ4n) is 2.51. The van der Waals surface area contributed by atoms with Gasteiger partial charge in [-0.25, -0.2) is 13.1 Å². The van der Waals surface area contributed by atoms with E-state index in [4.69, 9.17) is 5.26 Å². The summed E-state index contributed by atoms with van der Waals surface area (Å²) in [7, 11) is -3.47. The lowest BCUT2D eigenvalue weighted by Gasteiger charge is -2.28. The highest BCUT2D eigenvalue weighted by Crippen LogP contribution is 2.40. The van der Waals surface area contributed by atoms with Gasteiger partial charge < -0.3 is 0 Å². The molecule has 1 aliphatic carbocycles. The number of nitrogens with one attached hydrogen (secondary N) is 1. The van der Waals surface area contributed by atoms with Crippen LogP contribution in [0.1, 0.15) is 52.4 Å². The van der Waals surface area contributed by atoms with Crippen molar-refractivity contribution in [2.45, 2.75) is 57.6 Å². The Morgan fingerprint density at radius 2 is 1.94 bits per heavy atom. The smallest absolute Gasteiger partial charge is 0.214 e. The molecule has 0 spiro atoms. The molecule has 0 aliphatic heterocycles. The molecule has 5 heteroatoms. The first-order chi connectivity index (χ1) is 7.99. The van der Waals surface area contributed by atoms with Gasteiger partial charge in [0.25, 0.3) is 0 Å². The van der Waals surface area contributed by atoms with Crippen LogP contribution in [0, 0.1) is 16.7 Å². The molecule has 0 aromatic heterocycles. The van der Waals surface area contributed by atoms with Crippen LogP contribution in [0.25, 0.3) is 0 Å². The Balaban J connectivity index is 2.63. The number of sulfonamides is 1. The van der Waals surface area contributed by atoms with Gasteiger partial charge in [-0.1, -0.05) is 26.7 Å². The Morgan fingerprint density at radius 3 is 2.35 bits per heavy atom. The van der Waals surface area contributed by atoms with Crippen LogP contribution in [-0.2, 0) is 10.0 Å². The van der Waals surface area contributed by atoms with Crippen LogP contribution in [0.5, 0.6) is 0 Å². The molecule has 0 aromatic carbocycles. The van der Waals surface area contributed by atoms with Crippen LogP contribution in [0.15, 0.2) is 0 Å². The van der Waals surface area contributed by atoms with E-state index in [1.165, 1.54) is 12.8 Å². The summed E-state index contributed by atoms with van der Waals surface area (Å²) in [5.41, 5.74) is 0.126. The molecule has 1 fully saturated rings. The van der Waals surface area contributed by atoms with Crippen molar-refractivity contribution < 1.29 is 8.42 Å². The van der Waals surface area contributed by atoms with Gasteiger partial charge in [0.1, 0.15) is 0 Å². The minimum atomic E-state index is -3.47. The molecule has 4 nitrogen and oxygen atoms in total. The van der Waals surface area contributed by atoms with E-state index in [-0.39, 0.29) is 5.41 Å². The molecule has 0 amide bonds. The fourth-order valence-corrected chi connectivity index (χ4v) is 3.80. The Bertz CT molecular complexity index is 378. The SMILES string of the molecule is CCC(C#N)S(=O)(=O)NCC1(CC)CCCC1. The van der Waals surface area contributed by atoms with E-state index in [9.17, 15) is 8.42 Å². The third-order valence-corrected chi connectivity index (χ3v) is 5.69. The van der Waals surface area contributed by atoms with E-state index in [2.05, 4.69) is 11.6 Å². The Kier molecular flexibility index (Phi) is 4.96. The van der Waals surface area contributed by atoms with Crippen LogP contribution >= 0.6 is 0 Å². The van der Waals surface area contributed by atoms with Gasteiger partial charge in [0.2, 0.25) is 10.0 Å². The molecule has 1 N–H and O–H groups in total. The summed E-state index contributed by atoms with van der Waals surface area (Å²) < 4.78 is 26.4. The summed E-state index contributed by atoms with van der Waals surface area (Å²) in [6.45, 7) is 4.32. The Labute approximate surface area is 104 Å². The van der Waals surface area contributed by atoms with Crippen LogP contribution in [0.2, 0.25) is 0 Å². The molecule has 1 rings (SSSR count). The largest absolute Gasteiger partial charge is 0.227 e. The molecule has 0 heterocycles. The van der Waals surface area contributed by atoms with Gasteiger partial charge >= 0.3 is 0 Å². The zero-order valence-corrected chi connectivity index (χ0v) is 11.5. The molecular weight excluding hydrogens is 236 g/mol. The average molecular weight is 258 g/mol. The first kappa shape index (κ1) is 14.5. The van der Waals surface area contributed by atoms with E-state index < -0.39 is 15.3 Å². The van der Waals surface area contributed by atoms with Crippen molar-refractivity contribution in [3.63, 3.8) is 0 Å². The van der Waals surface area contributed by atoms with Gasteiger partial charge in [0, 0.05) is 6.54 Å². The van der Waals surface area contributed by atoms with Crippen molar-refractivity contribution >= 4 is 10.0 Å². The Hall–Kier alpha value is -0.600. The molecule has 0 radical (unpaired) electrons. The predicted molar refractivity (Wildman–Crippen MR) is 67.8 cm³/mol. The number of nitrogens with zero attached hydrogens (tertiary/aromatic N) is 1. The minimum absolute atomic E-state index is 0.126. The third kappa shape index (κ3) is 3.43. The number of rotatable bonds is 6. The topological polar surface area (TPSA) is 70.0 Å². The highest BCUT2D eigenvalue weighted by Gasteiger charge is 2.34. The summed E-state index contributed by atoms with van der Waals surface area (Å²) in [6.07, 6.45) is 5.89. The monoisotopic (exact) mass is 258 g/mol. The molecule has 1 atom stereocenters. The van der Waals surface area contributed by atoms with Gasteiger partial charge in [-0.05, 0) is 31.1 Å². The summed E-state index contributed by atoms with van der Waals surface area (Å²) in [5, 5.41) is 7.89. The second-order valence-corrected chi connectivity index (χ2v) is 6.90. The molecule has 0 aromatic rings. The highest BCUT2D eigenvalue weighted by molar-refractivity contribution is 7.90. The van der Waals surface area contributed by atoms with Gasteiger partial charge in [0.05, 0.1) is 6.07 Å². The lowest BCUT2D eigenvalue weighted by atomic mass is 9.84. The van der Waals surface area contributed by atoms with Gasteiger partial charge in [-0.3, -0.25) is 0 Å². The van der Waals surface area contributed by atoms with Crippen molar-refractivity contribution in [1.82, 2.24) is 4.72 Å². The second-order valence-electron chi connectivity index (χ2n) is 4.95.